The van der Waals surface area contributed by atoms with Crippen molar-refractivity contribution in [3.63, 3.8) is 0 Å². The van der Waals surface area contributed by atoms with Gasteiger partial charge in [0.15, 0.2) is 10.9 Å². The van der Waals surface area contributed by atoms with Crippen molar-refractivity contribution in [1.29, 1.82) is 0 Å². The van der Waals surface area contributed by atoms with Crippen LogP contribution in [0.4, 0.5) is 5.82 Å². The van der Waals surface area contributed by atoms with E-state index in [0.717, 1.165) is 10.9 Å². The van der Waals surface area contributed by atoms with E-state index in [1.54, 1.807) is 0 Å². The lowest BCUT2D eigenvalue weighted by molar-refractivity contribution is 1.12. The number of nitrogens with one attached hydrogen (secondary N) is 2. The number of anilines is 1. The quantitative estimate of drug-likeness (QED) is 0.594. The molecule has 66 valence electrons. The van der Waals surface area contributed by atoms with Crippen LogP contribution >= 0.6 is 12.2 Å². The van der Waals surface area contributed by atoms with Crippen molar-refractivity contribution in [3.05, 3.63) is 24.3 Å². The van der Waals surface area contributed by atoms with Crippen LogP contribution in [0.1, 0.15) is 0 Å². The van der Waals surface area contributed by atoms with Gasteiger partial charge in [0.1, 0.15) is 0 Å². The minimum Gasteiger partial charge on any atom is -0.376 e. The number of aromatic nitrogens is 2. The molecular weight excluding hydrogens is 184 g/mol. The first-order chi connectivity index (χ1) is 6.27. The molecule has 0 unspecified atom stereocenters. The average Bonchev–Trinajstić information content (AvgIpc) is 2.48. The van der Waals surface area contributed by atoms with Crippen LogP contribution in [-0.2, 0) is 0 Å². The van der Waals surface area contributed by atoms with Crippen LogP contribution in [0, 0.1) is 0 Å². The normalized spacial score (nSPS) is 10.2. The Labute approximate surface area is 80.1 Å². The summed E-state index contributed by atoms with van der Waals surface area (Å²) in [5.41, 5.74) is 6.30. The van der Waals surface area contributed by atoms with E-state index in [4.69, 9.17) is 18.0 Å². The number of hydrogen-bond acceptors (Lipinski definition) is 2. The van der Waals surface area contributed by atoms with Crippen LogP contribution in [0.5, 0.6) is 0 Å². The molecule has 0 radical (unpaired) electrons. The molecule has 0 spiro atoms. The lowest BCUT2D eigenvalue weighted by atomic mass is 10.2. The highest BCUT2D eigenvalue weighted by atomic mass is 32.1. The fourth-order valence-electron chi connectivity index (χ4n) is 1.18. The molecule has 2 aromatic rings. The van der Waals surface area contributed by atoms with Gasteiger partial charge in [0.05, 0.1) is 5.52 Å². The van der Waals surface area contributed by atoms with Crippen LogP contribution in [0.25, 0.3) is 10.9 Å². The molecule has 1 aromatic carbocycles. The first-order valence-electron chi connectivity index (χ1n) is 3.77. The molecule has 0 fully saturated rings. The molecule has 0 atom stereocenters. The number of thiocarbonyl (C=S) groups is 1. The molecule has 2 rings (SSSR count). The molecule has 0 saturated carbocycles. The van der Waals surface area contributed by atoms with Gasteiger partial charge in [0, 0.05) is 5.39 Å². The van der Waals surface area contributed by atoms with Gasteiger partial charge in [-0.2, -0.15) is 5.10 Å². The molecule has 0 aliphatic carbocycles. The molecular formula is C8H8N4S. The van der Waals surface area contributed by atoms with Crippen LogP contribution < -0.4 is 11.1 Å². The Balaban J connectivity index is 2.51. The van der Waals surface area contributed by atoms with Crippen molar-refractivity contribution >= 4 is 34.1 Å². The van der Waals surface area contributed by atoms with E-state index in [1.807, 2.05) is 24.3 Å². The lowest BCUT2D eigenvalue weighted by Gasteiger charge is -1.97. The molecule has 0 amide bonds. The van der Waals surface area contributed by atoms with Crippen molar-refractivity contribution < 1.29 is 0 Å². The minimum absolute atomic E-state index is 0.220. The first-order valence-corrected chi connectivity index (χ1v) is 4.18. The topological polar surface area (TPSA) is 66.7 Å². The number of benzene rings is 1. The highest BCUT2D eigenvalue weighted by molar-refractivity contribution is 7.80. The predicted octanol–water partition coefficient (Wildman–Crippen LogP) is 1.22. The van der Waals surface area contributed by atoms with Crippen LogP contribution in [0.15, 0.2) is 24.3 Å². The summed E-state index contributed by atoms with van der Waals surface area (Å²) in [5, 5.41) is 10.9. The van der Waals surface area contributed by atoms with Gasteiger partial charge in [0.2, 0.25) is 0 Å². The van der Waals surface area contributed by atoms with Crippen molar-refractivity contribution in [2.24, 2.45) is 5.73 Å². The van der Waals surface area contributed by atoms with Crippen LogP contribution in [0.3, 0.4) is 0 Å². The van der Waals surface area contributed by atoms with Gasteiger partial charge in [-0.05, 0) is 24.4 Å². The van der Waals surface area contributed by atoms with E-state index in [9.17, 15) is 0 Å². The van der Waals surface area contributed by atoms with Crippen molar-refractivity contribution in [2.75, 3.05) is 5.32 Å². The lowest BCUT2D eigenvalue weighted by Crippen LogP contribution is -2.19. The van der Waals surface area contributed by atoms with E-state index in [0.29, 0.717) is 5.82 Å². The Kier molecular flexibility index (Phi) is 1.86. The summed E-state index contributed by atoms with van der Waals surface area (Å²) in [7, 11) is 0. The maximum atomic E-state index is 5.34. The molecule has 5 heteroatoms. The zero-order valence-corrected chi connectivity index (χ0v) is 7.56. The SMILES string of the molecule is NC(=S)Nc1n[nH]c2ccccc12. The average molecular weight is 192 g/mol. The van der Waals surface area contributed by atoms with Crippen molar-refractivity contribution in [1.82, 2.24) is 10.2 Å². The van der Waals surface area contributed by atoms with E-state index < -0.39 is 0 Å². The second kappa shape index (κ2) is 3.02. The Morgan fingerprint density at radius 1 is 1.46 bits per heavy atom. The second-order valence-corrected chi connectivity index (χ2v) is 3.05. The van der Waals surface area contributed by atoms with E-state index >= 15 is 0 Å². The van der Waals surface area contributed by atoms with Gasteiger partial charge in [-0.3, -0.25) is 5.10 Å². The summed E-state index contributed by atoms with van der Waals surface area (Å²) < 4.78 is 0. The van der Waals surface area contributed by atoms with Gasteiger partial charge in [-0.1, -0.05) is 12.1 Å². The Morgan fingerprint density at radius 2 is 2.23 bits per heavy atom. The maximum absolute atomic E-state index is 5.34. The Hall–Kier alpha value is -1.62. The molecule has 0 bridgehead atoms. The number of nitrogens with two attached hydrogens (primary N) is 1. The van der Waals surface area contributed by atoms with Crippen LogP contribution in [0.2, 0.25) is 0 Å². The van der Waals surface area contributed by atoms with Crippen molar-refractivity contribution in [2.45, 2.75) is 0 Å². The third kappa shape index (κ3) is 1.46. The number of rotatable bonds is 1. The third-order valence-electron chi connectivity index (χ3n) is 1.71. The van der Waals surface area contributed by atoms with Gasteiger partial charge in [0.25, 0.3) is 0 Å². The molecule has 1 aromatic heterocycles. The van der Waals surface area contributed by atoms with Crippen LogP contribution in [-0.4, -0.2) is 15.3 Å². The minimum atomic E-state index is 0.220. The summed E-state index contributed by atoms with van der Waals surface area (Å²) in [6.45, 7) is 0. The highest BCUT2D eigenvalue weighted by Crippen LogP contribution is 2.18. The molecule has 0 aliphatic rings. The summed E-state index contributed by atoms with van der Waals surface area (Å²) in [5.74, 6) is 0.670. The second-order valence-electron chi connectivity index (χ2n) is 2.61. The number of H-pyrrole nitrogens is 1. The third-order valence-corrected chi connectivity index (χ3v) is 1.81. The standard InChI is InChI=1S/C8H8N4S/c9-8(13)10-7-5-3-1-2-4-6(5)11-12-7/h1-4H,(H4,9,10,11,12,13). The molecule has 4 nitrogen and oxygen atoms in total. The van der Waals surface area contributed by atoms with E-state index in [-0.39, 0.29) is 5.11 Å². The first kappa shape index (κ1) is 8.00. The van der Waals surface area contributed by atoms with Gasteiger partial charge in [-0.15, -0.1) is 0 Å². The monoisotopic (exact) mass is 192 g/mol. The molecule has 0 saturated heterocycles. The smallest absolute Gasteiger partial charge is 0.169 e. The number of aromatic amines is 1. The molecule has 0 aliphatic heterocycles. The number of fused-ring (bicyclic) bond motifs is 1. The Bertz CT molecular complexity index is 448. The number of nitrogens with zero attached hydrogens (tertiary/aromatic N) is 1. The summed E-state index contributed by atoms with van der Waals surface area (Å²) in [6.07, 6.45) is 0. The number of para-hydroxylation sites is 1. The predicted molar refractivity (Wildman–Crippen MR) is 56.5 cm³/mol. The molecule has 4 N–H and O–H groups in total. The summed E-state index contributed by atoms with van der Waals surface area (Å²) in [4.78, 5) is 0. The van der Waals surface area contributed by atoms with Crippen molar-refractivity contribution in [3.8, 4) is 0 Å². The molecule has 1 heterocycles. The van der Waals surface area contributed by atoms with Gasteiger partial charge >= 0.3 is 0 Å². The van der Waals surface area contributed by atoms with Gasteiger partial charge in [-0.25, -0.2) is 0 Å². The highest BCUT2D eigenvalue weighted by Gasteiger charge is 2.03. The fourth-order valence-corrected chi connectivity index (χ4v) is 1.27. The maximum Gasteiger partial charge on any atom is 0.169 e. The number of hydrogen-bond donors (Lipinski definition) is 3. The van der Waals surface area contributed by atoms with Gasteiger partial charge < -0.3 is 11.1 Å². The Morgan fingerprint density at radius 3 is 3.00 bits per heavy atom. The largest absolute Gasteiger partial charge is 0.376 e. The van der Waals surface area contributed by atoms with E-state index in [1.165, 1.54) is 0 Å². The zero-order valence-electron chi connectivity index (χ0n) is 6.74. The fraction of sp³-hybridized carbons (Fsp3) is 0. The zero-order chi connectivity index (χ0) is 9.26. The summed E-state index contributed by atoms with van der Waals surface area (Å²) in [6, 6.07) is 7.75. The summed E-state index contributed by atoms with van der Waals surface area (Å²) >= 11 is 4.72. The molecule has 13 heavy (non-hydrogen) atoms. The van der Waals surface area contributed by atoms with E-state index in [2.05, 4.69) is 15.5 Å².